The van der Waals surface area contributed by atoms with Gasteiger partial charge in [-0.3, -0.25) is 4.18 Å². The molecule has 0 aliphatic heterocycles. The second-order valence-electron chi connectivity index (χ2n) is 3.04. The van der Waals surface area contributed by atoms with Crippen LogP contribution in [0.2, 0.25) is 0 Å². The van der Waals surface area contributed by atoms with Crippen LogP contribution < -0.4 is 0 Å². The lowest BCUT2D eigenvalue weighted by Gasteiger charge is -2.05. The van der Waals surface area contributed by atoms with Gasteiger partial charge in [0.2, 0.25) is 0 Å². The lowest BCUT2D eigenvalue weighted by Crippen LogP contribution is -2.10. The van der Waals surface area contributed by atoms with Crippen molar-refractivity contribution in [1.29, 1.82) is 0 Å². The van der Waals surface area contributed by atoms with Crippen molar-refractivity contribution in [3.8, 4) is 0 Å². The van der Waals surface area contributed by atoms with Crippen LogP contribution in [0.15, 0.2) is 35.7 Å². The van der Waals surface area contributed by atoms with Crippen molar-refractivity contribution in [1.82, 2.24) is 0 Å². The van der Waals surface area contributed by atoms with Crippen LogP contribution in [-0.4, -0.2) is 28.7 Å². The quantitative estimate of drug-likeness (QED) is 0.562. The van der Waals surface area contributed by atoms with Crippen molar-refractivity contribution in [2.24, 2.45) is 0 Å². The molecule has 0 unspecified atom stereocenters. The lowest BCUT2D eigenvalue weighted by atomic mass is 10.2. The molecule has 5 heteroatoms. The summed E-state index contributed by atoms with van der Waals surface area (Å²) < 4.78 is 32.7. The molecule has 0 aromatic heterocycles. The maximum Gasteiger partial charge on any atom is 0.297 e. The van der Waals surface area contributed by atoms with Gasteiger partial charge in [-0.25, -0.2) is 0 Å². The zero-order valence-corrected chi connectivity index (χ0v) is 9.87. The Hall–Kier alpha value is -1.17. The first kappa shape index (κ1) is 12.9. The van der Waals surface area contributed by atoms with E-state index in [1.165, 1.54) is 19.2 Å². The molecule has 88 valence electrons. The SMILES string of the molecule is C=Cc1ccc(S(=O)(=O)OCCOC)cc1. The smallest absolute Gasteiger partial charge is 0.297 e. The summed E-state index contributed by atoms with van der Waals surface area (Å²) in [5.74, 6) is 0. The van der Waals surface area contributed by atoms with Crippen LogP contribution in [-0.2, 0) is 19.0 Å². The summed E-state index contributed by atoms with van der Waals surface area (Å²) in [4.78, 5) is 0.134. The largest absolute Gasteiger partial charge is 0.382 e. The van der Waals surface area contributed by atoms with E-state index >= 15 is 0 Å². The van der Waals surface area contributed by atoms with Crippen LogP contribution in [0, 0.1) is 0 Å². The number of hydrogen-bond donors (Lipinski definition) is 0. The van der Waals surface area contributed by atoms with E-state index in [4.69, 9.17) is 8.92 Å². The molecule has 0 N–H and O–H groups in total. The molecule has 4 nitrogen and oxygen atoms in total. The van der Waals surface area contributed by atoms with Crippen LogP contribution >= 0.6 is 0 Å². The van der Waals surface area contributed by atoms with Crippen molar-refractivity contribution >= 4 is 16.2 Å². The summed E-state index contributed by atoms with van der Waals surface area (Å²) in [6.45, 7) is 3.84. The molecule has 0 amide bonds. The Labute approximate surface area is 95.6 Å². The van der Waals surface area contributed by atoms with Gasteiger partial charge in [-0.2, -0.15) is 8.42 Å². The van der Waals surface area contributed by atoms with Crippen molar-refractivity contribution in [3.63, 3.8) is 0 Å². The standard InChI is InChI=1S/C11H14O4S/c1-3-10-4-6-11(7-5-10)16(12,13)15-9-8-14-2/h3-7H,1,8-9H2,2H3. The van der Waals surface area contributed by atoms with Gasteiger partial charge in [-0.1, -0.05) is 24.8 Å². The van der Waals surface area contributed by atoms with Crippen molar-refractivity contribution in [2.45, 2.75) is 4.90 Å². The average molecular weight is 242 g/mol. The fourth-order valence-electron chi connectivity index (χ4n) is 1.07. The Morgan fingerprint density at radius 1 is 1.25 bits per heavy atom. The number of rotatable bonds is 6. The summed E-state index contributed by atoms with van der Waals surface area (Å²) in [5.41, 5.74) is 0.857. The van der Waals surface area contributed by atoms with E-state index in [0.717, 1.165) is 5.56 Å². The Bertz CT molecular complexity index is 434. The van der Waals surface area contributed by atoms with E-state index in [0.29, 0.717) is 0 Å². The lowest BCUT2D eigenvalue weighted by molar-refractivity contribution is 0.149. The minimum absolute atomic E-state index is 0.0159. The van der Waals surface area contributed by atoms with Gasteiger partial charge in [0.05, 0.1) is 18.1 Å². The topological polar surface area (TPSA) is 52.6 Å². The number of methoxy groups -OCH3 is 1. The maximum atomic E-state index is 11.6. The molecule has 1 rings (SSSR count). The Kier molecular flexibility index (Phi) is 4.67. The summed E-state index contributed by atoms with van der Waals surface area (Å²) in [7, 11) is -2.19. The fourth-order valence-corrected chi connectivity index (χ4v) is 1.96. The molecule has 0 spiro atoms. The third-order valence-corrected chi connectivity index (χ3v) is 3.26. The molecule has 0 aliphatic rings. The number of hydrogen-bond acceptors (Lipinski definition) is 4. The molecule has 1 aromatic carbocycles. The predicted molar refractivity (Wildman–Crippen MR) is 61.5 cm³/mol. The molecule has 0 aliphatic carbocycles. The van der Waals surface area contributed by atoms with Crippen molar-refractivity contribution in [2.75, 3.05) is 20.3 Å². The van der Waals surface area contributed by atoms with Gasteiger partial charge in [-0.05, 0) is 17.7 Å². The molecule has 0 heterocycles. The molecule has 0 saturated carbocycles. The molecular weight excluding hydrogens is 228 g/mol. The zero-order chi connectivity index (χ0) is 12.0. The summed E-state index contributed by atoms with van der Waals surface area (Å²) in [6.07, 6.45) is 1.64. The fraction of sp³-hybridized carbons (Fsp3) is 0.273. The molecule has 0 atom stereocenters. The minimum atomic E-state index is -3.67. The third kappa shape index (κ3) is 3.44. The molecule has 0 saturated heterocycles. The summed E-state index contributed by atoms with van der Waals surface area (Å²) >= 11 is 0. The van der Waals surface area contributed by atoms with Gasteiger partial charge in [0, 0.05) is 7.11 Å². The molecule has 1 aromatic rings. The molecule has 16 heavy (non-hydrogen) atoms. The Morgan fingerprint density at radius 3 is 2.38 bits per heavy atom. The summed E-state index contributed by atoms with van der Waals surface area (Å²) in [5, 5.41) is 0. The average Bonchev–Trinajstić information content (AvgIpc) is 2.29. The second-order valence-corrected chi connectivity index (χ2v) is 4.66. The molecule has 0 radical (unpaired) electrons. The van der Waals surface area contributed by atoms with E-state index in [-0.39, 0.29) is 18.1 Å². The Balaban J connectivity index is 2.77. The van der Waals surface area contributed by atoms with E-state index < -0.39 is 10.1 Å². The van der Waals surface area contributed by atoms with Crippen LogP contribution in [0.25, 0.3) is 6.08 Å². The molecule has 0 bridgehead atoms. The molecular formula is C11H14O4S. The van der Waals surface area contributed by atoms with E-state index in [1.807, 2.05) is 0 Å². The van der Waals surface area contributed by atoms with Gasteiger partial charge in [0.25, 0.3) is 10.1 Å². The van der Waals surface area contributed by atoms with Gasteiger partial charge in [0.1, 0.15) is 0 Å². The minimum Gasteiger partial charge on any atom is -0.382 e. The van der Waals surface area contributed by atoms with E-state index in [9.17, 15) is 8.42 Å². The Morgan fingerprint density at radius 2 is 1.88 bits per heavy atom. The first-order chi connectivity index (χ1) is 7.60. The first-order valence-corrected chi connectivity index (χ1v) is 6.12. The highest BCUT2D eigenvalue weighted by atomic mass is 32.2. The predicted octanol–water partition coefficient (Wildman–Crippen LogP) is 1.68. The summed E-state index contributed by atoms with van der Waals surface area (Å²) in [6, 6.07) is 6.30. The van der Waals surface area contributed by atoms with E-state index in [1.54, 1.807) is 18.2 Å². The van der Waals surface area contributed by atoms with Crippen LogP contribution in [0.5, 0.6) is 0 Å². The van der Waals surface area contributed by atoms with Crippen LogP contribution in [0.1, 0.15) is 5.56 Å². The van der Waals surface area contributed by atoms with Gasteiger partial charge < -0.3 is 4.74 Å². The third-order valence-electron chi connectivity index (χ3n) is 1.93. The van der Waals surface area contributed by atoms with Crippen LogP contribution in [0.4, 0.5) is 0 Å². The monoisotopic (exact) mass is 242 g/mol. The zero-order valence-electron chi connectivity index (χ0n) is 9.05. The van der Waals surface area contributed by atoms with Crippen molar-refractivity contribution < 1.29 is 17.3 Å². The normalized spacial score (nSPS) is 11.3. The highest BCUT2D eigenvalue weighted by molar-refractivity contribution is 7.86. The van der Waals surface area contributed by atoms with E-state index in [2.05, 4.69) is 6.58 Å². The molecule has 0 fully saturated rings. The van der Waals surface area contributed by atoms with Gasteiger partial charge in [0.15, 0.2) is 0 Å². The second kappa shape index (κ2) is 5.79. The highest BCUT2D eigenvalue weighted by Crippen LogP contribution is 2.13. The number of ether oxygens (including phenoxy) is 1. The maximum absolute atomic E-state index is 11.6. The number of benzene rings is 1. The highest BCUT2D eigenvalue weighted by Gasteiger charge is 2.14. The first-order valence-electron chi connectivity index (χ1n) is 4.71. The van der Waals surface area contributed by atoms with Gasteiger partial charge >= 0.3 is 0 Å². The van der Waals surface area contributed by atoms with Crippen molar-refractivity contribution in [3.05, 3.63) is 36.4 Å². The van der Waals surface area contributed by atoms with Crippen LogP contribution in [0.3, 0.4) is 0 Å². The van der Waals surface area contributed by atoms with Gasteiger partial charge in [-0.15, -0.1) is 0 Å².